The third kappa shape index (κ3) is 6.55. The first kappa shape index (κ1) is 23.3. The smallest absolute Gasteiger partial charge is 0.252 e. The number of carbonyl (C=O) groups excluding carboxylic acids is 3. The van der Waals surface area contributed by atoms with Crippen LogP contribution in [-0.2, 0) is 9.59 Å². The first-order valence-electron chi connectivity index (χ1n) is 10.8. The van der Waals surface area contributed by atoms with Crippen LogP contribution in [0.5, 0.6) is 5.75 Å². The maximum atomic E-state index is 12.6. The Bertz CT molecular complexity index is 943. The van der Waals surface area contributed by atoms with Crippen LogP contribution in [0, 0.1) is 11.8 Å². The Morgan fingerprint density at radius 3 is 2.44 bits per heavy atom. The number of nitrogens with zero attached hydrogens (tertiary/aromatic N) is 1. The van der Waals surface area contributed by atoms with Gasteiger partial charge in [-0.15, -0.1) is 0 Å². The normalized spacial score (nSPS) is 14.5. The molecule has 0 aromatic heterocycles. The summed E-state index contributed by atoms with van der Waals surface area (Å²) in [6.07, 6.45) is 5.23. The van der Waals surface area contributed by atoms with Crippen LogP contribution in [0.25, 0.3) is 11.1 Å². The van der Waals surface area contributed by atoms with Gasteiger partial charge in [0.1, 0.15) is 5.75 Å². The fourth-order valence-electron chi connectivity index (χ4n) is 4.17. The number of phenolic OH excluding ortho intramolecular Hbond substituents is 1. The maximum absolute atomic E-state index is 12.6. The zero-order valence-corrected chi connectivity index (χ0v) is 17.9. The standard InChI is InChI=1S/C24H29N3O5/c28-16-27(32)14-21(11-17-5-1-2-6-17)24(31)26-15-25-23(30)20-9-3-7-18(12-20)19-8-4-10-22(29)13-19/h3-4,7-10,12-13,16-17,21,29,32H,1-2,5-6,11,14-15H2,(H,25,30)(H,26,31)/t21-/m1/s1. The molecule has 0 spiro atoms. The van der Waals surface area contributed by atoms with Crippen LogP contribution in [0.3, 0.4) is 0 Å². The van der Waals surface area contributed by atoms with E-state index in [1.54, 1.807) is 36.4 Å². The molecule has 4 N–H and O–H groups in total. The van der Waals surface area contributed by atoms with E-state index in [2.05, 4.69) is 10.6 Å². The highest BCUT2D eigenvalue weighted by atomic mass is 16.5. The van der Waals surface area contributed by atoms with Crippen molar-refractivity contribution >= 4 is 18.2 Å². The zero-order valence-electron chi connectivity index (χ0n) is 17.9. The minimum Gasteiger partial charge on any atom is -0.508 e. The summed E-state index contributed by atoms with van der Waals surface area (Å²) in [5.41, 5.74) is 1.99. The molecule has 1 saturated carbocycles. The molecule has 170 valence electrons. The van der Waals surface area contributed by atoms with Gasteiger partial charge in [0.25, 0.3) is 5.91 Å². The quantitative estimate of drug-likeness (QED) is 0.196. The Morgan fingerprint density at radius 1 is 1.06 bits per heavy atom. The number of hydrogen-bond acceptors (Lipinski definition) is 5. The molecule has 0 unspecified atom stereocenters. The lowest BCUT2D eigenvalue weighted by atomic mass is 9.92. The molecule has 0 radical (unpaired) electrons. The summed E-state index contributed by atoms with van der Waals surface area (Å²) in [7, 11) is 0. The van der Waals surface area contributed by atoms with Crippen LogP contribution in [0.2, 0.25) is 0 Å². The van der Waals surface area contributed by atoms with E-state index in [0.717, 1.165) is 36.8 Å². The zero-order chi connectivity index (χ0) is 22.9. The molecule has 0 heterocycles. The highest BCUT2D eigenvalue weighted by molar-refractivity contribution is 5.95. The van der Waals surface area contributed by atoms with E-state index < -0.39 is 5.92 Å². The van der Waals surface area contributed by atoms with E-state index >= 15 is 0 Å². The topological polar surface area (TPSA) is 119 Å². The molecule has 0 saturated heterocycles. The van der Waals surface area contributed by atoms with E-state index in [1.165, 1.54) is 0 Å². The van der Waals surface area contributed by atoms with Gasteiger partial charge >= 0.3 is 0 Å². The van der Waals surface area contributed by atoms with Crippen molar-refractivity contribution in [3.05, 3.63) is 54.1 Å². The Morgan fingerprint density at radius 2 is 1.75 bits per heavy atom. The largest absolute Gasteiger partial charge is 0.508 e. The summed E-state index contributed by atoms with van der Waals surface area (Å²) >= 11 is 0. The summed E-state index contributed by atoms with van der Waals surface area (Å²) in [6, 6.07) is 13.7. The highest BCUT2D eigenvalue weighted by Crippen LogP contribution is 2.30. The van der Waals surface area contributed by atoms with Crippen molar-refractivity contribution in [2.24, 2.45) is 11.8 Å². The third-order valence-corrected chi connectivity index (χ3v) is 5.81. The molecular formula is C24H29N3O5. The second kappa shape index (κ2) is 11.3. The molecule has 3 rings (SSSR count). The van der Waals surface area contributed by atoms with Gasteiger partial charge in [-0.1, -0.05) is 49.9 Å². The average Bonchev–Trinajstić information content (AvgIpc) is 3.31. The Kier molecular flexibility index (Phi) is 8.21. The molecule has 1 aliphatic rings. The van der Waals surface area contributed by atoms with Crippen molar-refractivity contribution in [2.75, 3.05) is 13.2 Å². The van der Waals surface area contributed by atoms with Crippen LogP contribution < -0.4 is 10.6 Å². The first-order valence-corrected chi connectivity index (χ1v) is 10.8. The molecule has 32 heavy (non-hydrogen) atoms. The molecule has 3 amide bonds. The van der Waals surface area contributed by atoms with Crippen LogP contribution in [0.4, 0.5) is 0 Å². The second-order valence-electron chi connectivity index (χ2n) is 8.17. The van der Waals surface area contributed by atoms with Crippen molar-refractivity contribution < 1.29 is 24.7 Å². The lowest BCUT2D eigenvalue weighted by molar-refractivity contribution is -0.155. The van der Waals surface area contributed by atoms with Gasteiger partial charge in [-0.2, -0.15) is 0 Å². The number of aromatic hydroxyl groups is 1. The van der Waals surface area contributed by atoms with Gasteiger partial charge in [-0.3, -0.25) is 19.6 Å². The molecular weight excluding hydrogens is 410 g/mol. The summed E-state index contributed by atoms with van der Waals surface area (Å²) in [5.74, 6) is -0.661. The lowest BCUT2D eigenvalue weighted by Gasteiger charge is -2.22. The summed E-state index contributed by atoms with van der Waals surface area (Å²) in [6.45, 7) is -0.145. The molecule has 1 atom stereocenters. The summed E-state index contributed by atoms with van der Waals surface area (Å²) < 4.78 is 0. The van der Waals surface area contributed by atoms with Crippen LogP contribution in [0.15, 0.2) is 48.5 Å². The van der Waals surface area contributed by atoms with E-state index in [9.17, 15) is 24.7 Å². The van der Waals surface area contributed by atoms with Crippen molar-refractivity contribution in [3.8, 4) is 16.9 Å². The average molecular weight is 440 g/mol. The molecule has 2 aromatic carbocycles. The van der Waals surface area contributed by atoms with Gasteiger partial charge < -0.3 is 15.7 Å². The number of rotatable bonds is 10. The van der Waals surface area contributed by atoms with Crippen molar-refractivity contribution in [1.29, 1.82) is 0 Å². The third-order valence-electron chi connectivity index (χ3n) is 5.81. The van der Waals surface area contributed by atoms with Crippen LogP contribution in [0.1, 0.15) is 42.5 Å². The number of hydroxylamine groups is 2. The molecule has 8 nitrogen and oxygen atoms in total. The Hall–Kier alpha value is -3.39. The van der Waals surface area contributed by atoms with E-state index in [-0.39, 0.29) is 37.2 Å². The fourth-order valence-corrected chi connectivity index (χ4v) is 4.17. The summed E-state index contributed by atoms with van der Waals surface area (Å²) in [4.78, 5) is 36.0. The number of carbonyl (C=O) groups is 3. The van der Waals surface area contributed by atoms with Crippen LogP contribution >= 0.6 is 0 Å². The molecule has 8 heteroatoms. The molecule has 2 aromatic rings. The van der Waals surface area contributed by atoms with Crippen molar-refractivity contribution in [1.82, 2.24) is 15.7 Å². The number of nitrogens with one attached hydrogen (secondary N) is 2. The number of amides is 3. The van der Waals surface area contributed by atoms with Gasteiger partial charge in [-0.05, 0) is 47.7 Å². The van der Waals surface area contributed by atoms with Gasteiger partial charge in [-0.25, -0.2) is 5.06 Å². The predicted molar refractivity (Wildman–Crippen MR) is 119 cm³/mol. The second-order valence-corrected chi connectivity index (χ2v) is 8.17. The Labute approximate surface area is 187 Å². The predicted octanol–water partition coefficient (Wildman–Crippen LogP) is 2.91. The molecule has 1 fully saturated rings. The monoisotopic (exact) mass is 439 g/mol. The number of benzene rings is 2. The highest BCUT2D eigenvalue weighted by Gasteiger charge is 2.26. The first-order chi connectivity index (χ1) is 15.5. The van der Waals surface area contributed by atoms with Crippen molar-refractivity contribution in [2.45, 2.75) is 32.1 Å². The van der Waals surface area contributed by atoms with E-state index in [4.69, 9.17) is 0 Å². The summed E-state index contributed by atoms with van der Waals surface area (Å²) in [5, 5.41) is 25.1. The number of hydrogen-bond donors (Lipinski definition) is 4. The number of phenols is 1. The Balaban J connectivity index is 1.56. The van der Waals surface area contributed by atoms with E-state index in [1.807, 2.05) is 12.1 Å². The van der Waals surface area contributed by atoms with Crippen molar-refractivity contribution in [3.63, 3.8) is 0 Å². The maximum Gasteiger partial charge on any atom is 0.252 e. The molecule has 0 aliphatic heterocycles. The minimum absolute atomic E-state index is 0.0678. The molecule has 0 bridgehead atoms. The van der Waals surface area contributed by atoms with Gasteiger partial charge in [0.05, 0.1) is 19.1 Å². The van der Waals surface area contributed by atoms with E-state index in [0.29, 0.717) is 23.0 Å². The SMILES string of the molecule is O=CN(O)C[C@@H](CC1CCCC1)C(=O)NCNC(=O)c1cccc(-c2cccc(O)c2)c1. The fraction of sp³-hybridized carbons (Fsp3) is 0.375. The van der Waals surface area contributed by atoms with Gasteiger partial charge in [0.15, 0.2) is 0 Å². The van der Waals surface area contributed by atoms with Gasteiger partial charge in [0, 0.05) is 5.56 Å². The van der Waals surface area contributed by atoms with Crippen LogP contribution in [-0.4, -0.2) is 46.8 Å². The lowest BCUT2D eigenvalue weighted by Crippen LogP contribution is -2.43. The van der Waals surface area contributed by atoms with Gasteiger partial charge in [0.2, 0.25) is 12.3 Å². The molecule has 1 aliphatic carbocycles. The minimum atomic E-state index is -0.542.